The van der Waals surface area contributed by atoms with Crippen LogP contribution in [0.25, 0.3) is 22.2 Å². The molecule has 1 saturated heterocycles. The molecule has 41 heavy (non-hydrogen) atoms. The van der Waals surface area contributed by atoms with Crippen LogP contribution in [-0.2, 0) is 21.3 Å². The Morgan fingerprint density at radius 3 is 2.46 bits per heavy atom. The maximum absolute atomic E-state index is 14.7. The SMILES string of the molecule is COc1ccc2c(c1)C1CC1(S(=O)(=O)N1C[C@@H](C)O[C@@H](C)C1)Cn1c-2c(C2CCCCC2)c2ccc(C(=O)O)cc21. The largest absolute Gasteiger partial charge is 0.497 e. The molecule has 4 aliphatic rings. The molecule has 0 amide bonds. The summed E-state index contributed by atoms with van der Waals surface area (Å²) in [5, 5.41) is 10.9. The summed E-state index contributed by atoms with van der Waals surface area (Å²) in [5.74, 6) is -0.102. The molecule has 4 atom stereocenters. The first-order valence-corrected chi connectivity index (χ1v) is 16.3. The van der Waals surface area contributed by atoms with Crippen molar-refractivity contribution in [2.24, 2.45) is 0 Å². The van der Waals surface area contributed by atoms with Crippen LogP contribution < -0.4 is 4.74 Å². The molecule has 2 aliphatic carbocycles. The van der Waals surface area contributed by atoms with Gasteiger partial charge in [-0.2, -0.15) is 4.31 Å². The van der Waals surface area contributed by atoms with Crippen molar-refractivity contribution >= 4 is 26.9 Å². The molecule has 7 rings (SSSR count). The lowest BCUT2D eigenvalue weighted by atomic mass is 9.81. The summed E-state index contributed by atoms with van der Waals surface area (Å²) in [7, 11) is -2.10. The standard InChI is InChI=1S/C32H38N2O6S/c1-19-16-33(17-20(2)40-19)41(37,38)32-15-27(32)26-14-23(39-3)10-12-24(26)30-29(21-7-5-4-6-8-21)25-11-9-22(31(35)36)13-28(25)34(30)18-32/h9-14,19-21,27H,4-8,15-18H2,1-3H3,(H,35,36)/t19-,20+,27?,32?. The fraction of sp³-hybridized carbons (Fsp3) is 0.531. The molecule has 1 aromatic heterocycles. The highest BCUT2D eigenvalue weighted by Crippen LogP contribution is 2.64. The molecule has 0 spiro atoms. The molecule has 2 aromatic carbocycles. The quantitative estimate of drug-likeness (QED) is 0.415. The lowest BCUT2D eigenvalue weighted by Gasteiger charge is -2.37. The van der Waals surface area contributed by atoms with Gasteiger partial charge in [-0.3, -0.25) is 0 Å². The molecule has 9 heteroatoms. The maximum atomic E-state index is 14.7. The van der Waals surface area contributed by atoms with Gasteiger partial charge >= 0.3 is 5.97 Å². The van der Waals surface area contributed by atoms with E-state index in [4.69, 9.17) is 9.47 Å². The second-order valence-corrected chi connectivity index (χ2v) is 14.9. The third kappa shape index (κ3) is 4.07. The summed E-state index contributed by atoms with van der Waals surface area (Å²) in [6.07, 6.45) is 5.86. The molecular weight excluding hydrogens is 540 g/mol. The Morgan fingerprint density at radius 1 is 1.05 bits per heavy atom. The number of carbonyl (C=O) groups is 1. The van der Waals surface area contributed by atoms with E-state index in [2.05, 4.69) is 10.6 Å². The van der Waals surface area contributed by atoms with Crippen LogP contribution in [-0.4, -0.2) is 65.5 Å². The number of nitrogens with zero attached hydrogens (tertiary/aromatic N) is 2. The zero-order valence-electron chi connectivity index (χ0n) is 23.9. The number of hydrogen-bond acceptors (Lipinski definition) is 5. The summed E-state index contributed by atoms with van der Waals surface area (Å²) < 4.78 is 43.7. The van der Waals surface area contributed by atoms with E-state index in [-0.39, 0.29) is 23.7 Å². The molecule has 2 saturated carbocycles. The second-order valence-electron chi connectivity index (χ2n) is 12.6. The van der Waals surface area contributed by atoms with Gasteiger partial charge in [-0.15, -0.1) is 0 Å². The van der Waals surface area contributed by atoms with Gasteiger partial charge in [0.25, 0.3) is 0 Å². The van der Waals surface area contributed by atoms with Gasteiger partial charge in [0, 0.05) is 42.0 Å². The van der Waals surface area contributed by atoms with Crippen molar-refractivity contribution < 1.29 is 27.8 Å². The third-order valence-electron chi connectivity index (χ3n) is 9.94. The number of carboxylic acid groups (broad SMARTS) is 1. The average molecular weight is 579 g/mol. The highest BCUT2D eigenvalue weighted by atomic mass is 32.2. The topological polar surface area (TPSA) is 98.1 Å². The van der Waals surface area contributed by atoms with E-state index in [0.29, 0.717) is 37.7 Å². The number of hydrogen-bond donors (Lipinski definition) is 1. The van der Waals surface area contributed by atoms with Crippen LogP contribution in [0.4, 0.5) is 0 Å². The number of carboxylic acids is 1. The van der Waals surface area contributed by atoms with Crippen LogP contribution in [0.1, 0.15) is 85.7 Å². The summed E-state index contributed by atoms with van der Waals surface area (Å²) in [6, 6.07) is 11.5. The first-order chi connectivity index (χ1) is 19.6. The fourth-order valence-corrected chi connectivity index (χ4v) is 10.5. The highest BCUT2D eigenvalue weighted by Gasteiger charge is 2.68. The maximum Gasteiger partial charge on any atom is 0.335 e. The van der Waals surface area contributed by atoms with Crippen molar-refractivity contribution in [1.82, 2.24) is 8.87 Å². The van der Waals surface area contributed by atoms with Crippen LogP contribution in [0.15, 0.2) is 36.4 Å². The predicted octanol–water partition coefficient (Wildman–Crippen LogP) is 5.74. The molecular formula is C32H38N2O6S. The molecule has 0 bridgehead atoms. The van der Waals surface area contributed by atoms with E-state index in [1.807, 2.05) is 32.0 Å². The molecule has 2 unspecified atom stereocenters. The second kappa shape index (κ2) is 9.57. The number of benzene rings is 2. The molecule has 8 nitrogen and oxygen atoms in total. The van der Waals surface area contributed by atoms with Gasteiger partial charge in [0.1, 0.15) is 10.5 Å². The van der Waals surface area contributed by atoms with E-state index in [0.717, 1.165) is 53.4 Å². The molecule has 3 fully saturated rings. The number of fused-ring (bicyclic) bond motifs is 7. The molecule has 2 aliphatic heterocycles. The van der Waals surface area contributed by atoms with E-state index in [1.54, 1.807) is 23.5 Å². The minimum Gasteiger partial charge on any atom is -0.497 e. The van der Waals surface area contributed by atoms with Gasteiger partial charge < -0.3 is 19.1 Å². The Labute approximate surface area is 241 Å². The average Bonchev–Trinajstić information content (AvgIpc) is 3.64. The summed E-state index contributed by atoms with van der Waals surface area (Å²) in [4.78, 5) is 12.1. The number of morpholine rings is 1. The fourth-order valence-electron chi connectivity index (χ4n) is 8.01. The van der Waals surface area contributed by atoms with E-state index in [9.17, 15) is 18.3 Å². The molecule has 1 N–H and O–H groups in total. The monoisotopic (exact) mass is 578 g/mol. The van der Waals surface area contributed by atoms with Crippen molar-refractivity contribution in [2.75, 3.05) is 20.2 Å². The van der Waals surface area contributed by atoms with Crippen LogP contribution in [0.2, 0.25) is 0 Å². The third-order valence-corrected chi connectivity index (χ3v) is 12.5. The zero-order valence-corrected chi connectivity index (χ0v) is 24.7. The van der Waals surface area contributed by atoms with Crippen molar-refractivity contribution in [2.45, 2.75) is 87.7 Å². The Kier molecular flexibility index (Phi) is 6.30. The Morgan fingerprint density at radius 2 is 1.78 bits per heavy atom. The lowest BCUT2D eigenvalue weighted by molar-refractivity contribution is -0.0444. The molecule has 218 valence electrons. The Bertz CT molecular complexity index is 1650. The minimum atomic E-state index is -3.74. The van der Waals surface area contributed by atoms with E-state index < -0.39 is 20.7 Å². The van der Waals surface area contributed by atoms with Crippen LogP contribution >= 0.6 is 0 Å². The van der Waals surface area contributed by atoms with Crippen molar-refractivity contribution in [1.29, 1.82) is 0 Å². The number of ether oxygens (including phenoxy) is 2. The van der Waals surface area contributed by atoms with E-state index >= 15 is 0 Å². The number of rotatable bonds is 5. The first kappa shape index (κ1) is 27.0. The number of aromatic nitrogens is 1. The Balaban J connectivity index is 1.50. The van der Waals surface area contributed by atoms with Crippen molar-refractivity contribution in [3.8, 4) is 17.0 Å². The van der Waals surface area contributed by atoms with Gasteiger partial charge in [-0.25, -0.2) is 13.2 Å². The number of sulfonamides is 1. The lowest BCUT2D eigenvalue weighted by Crippen LogP contribution is -2.52. The molecule has 0 radical (unpaired) electrons. The van der Waals surface area contributed by atoms with Crippen LogP contribution in [0, 0.1) is 0 Å². The van der Waals surface area contributed by atoms with Gasteiger partial charge in [0.15, 0.2) is 0 Å². The summed E-state index contributed by atoms with van der Waals surface area (Å²) in [6.45, 7) is 4.81. The van der Waals surface area contributed by atoms with Gasteiger partial charge in [0.05, 0.1) is 30.6 Å². The van der Waals surface area contributed by atoms with Gasteiger partial charge in [-0.1, -0.05) is 25.3 Å². The van der Waals surface area contributed by atoms with Crippen LogP contribution in [0.3, 0.4) is 0 Å². The molecule has 3 aromatic rings. The number of methoxy groups -OCH3 is 1. The predicted molar refractivity (Wildman–Crippen MR) is 157 cm³/mol. The number of aromatic carboxylic acids is 1. The summed E-state index contributed by atoms with van der Waals surface area (Å²) >= 11 is 0. The minimum absolute atomic E-state index is 0.178. The normalized spacial score (nSPS) is 28.4. The first-order valence-electron chi connectivity index (χ1n) is 14.9. The van der Waals surface area contributed by atoms with Gasteiger partial charge in [0.2, 0.25) is 10.0 Å². The van der Waals surface area contributed by atoms with E-state index in [1.165, 1.54) is 12.0 Å². The summed E-state index contributed by atoms with van der Waals surface area (Å²) in [5.41, 5.74) is 5.38. The Hall–Kier alpha value is -2.88. The molecule has 3 heterocycles. The smallest absolute Gasteiger partial charge is 0.335 e. The van der Waals surface area contributed by atoms with Crippen molar-refractivity contribution in [3.05, 3.63) is 53.1 Å². The zero-order chi connectivity index (χ0) is 28.7. The van der Waals surface area contributed by atoms with Gasteiger partial charge in [-0.05, 0) is 80.5 Å². The van der Waals surface area contributed by atoms with Crippen LogP contribution in [0.5, 0.6) is 5.75 Å². The highest BCUT2D eigenvalue weighted by molar-refractivity contribution is 7.90. The van der Waals surface area contributed by atoms with Crippen molar-refractivity contribution in [3.63, 3.8) is 0 Å².